The first-order valence-corrected chi connectivity index (χ1v) is 13.0. The smallest absolute Gasteiger partial charge is 0.252 e. The number of thioether (sulfide) groups is 1. The first-order valence-electron chi connectivity index (χ1n) is 11.2. The van der Waals surface area contributed by atoms with Crippen LogP contribution in [0.15, 0.2) is 71.1 Å². The molecule has 0 bridgehead atoms. The molecular formula is C27H26N4O2S2. The van der Waals surface area contributed by atoms with Gasteiger partial charge in [-0.2, -0.15) is 0 Å². The number of nitrogens with one attached hydrogen (secondary N) is 1. The van der Waals surface area contributed by atoms with Gasteiger partial charge in [0.15, 0.2) is 0 Å². The van der Waals surface area contributed by atoms with Crippen LogP contribution >= 0.6 is 23.1 Å². The summed E-state index contributed by atoms with van der Waals surface area (Å²) in [4.78, 5) is 34.6. The second-order valence-electron chi connectivity index (χ2n) is 8.09. The van der Waals surface area contributed by atoms with Crippen molar-refractivity contribution in [1.82, 2.24) is 9.97 Å². The van der Waals surface area contributed by atoms with Gasteiger partial charge in [0.2, 0.25) is 5.91 Å². The van der Waals surface area contributed by atoms with E-state index in [2.05, 4.69) is 15.3 Å². The van der Waals surface area contributed by atoms with Crippen LogP contribution in [0.1, 0.15) is 35.1 Å². The van der Waals surface area contributed by atoms with Crippen LogP contribution in [0.2, 0.25) is 0 Å². The van der Waals surface area contributed by atoms with Gasteiger partial charge < -0.3 is 11.1 Å². The third-order valence-electron chi connectivity index (χ3n) is 5.45. The van der Waals surface area contributed by atoms with E-state index in [4.69, 9.17) is 5.73 Å². The number of anilines is 1. The number of nitrogens with two attached hydrogens (primary N) is 1. The summed E-state index contributed by atoms with van der Waals surface area (Å²) in [6.07, 6.45) is 0.586. The van der Waals surface area contributed by atoms with Gasteiger partial charge >= 0.3 is 0 Å². The average molecular weight is 503 g/mol. The largest absolute Gasteiger partial charge is 0.365 e. The summed E-state index contributed by atoms with van der Waals surface area (Å²) in [6.45, 7) is 5.79. The molecule has 2 amide bonds. The molecule has 0 aliphatic heterocycles. The van der Waals surface area contributed by atoms with Gasteiger partial charge in [0.1, 0.15) is 15.9 Å². The molecule has 0 aliphatic rings. The first-order chi connectivity index (χ1) is 16.9. The predicted octanol–water partition coefficient (Wildman–Crippen LogP) is 6.10. The van der Waals surface area contributed by atoms with Gasteiger partial charge in [0.05, 0.1) is 16.5 Å². The number of amides is 2. The maximum atomic E-state index is 13.2. The van der Waals surface area contributed by atoms with E-state index in [1.165, 1.54) is 23.1 Å². The lowest BCUT2D eigenvalue weighted by Crippen LogP contribution is -2.26. The number of hydrogen-bond acceptors (Lipinski definition) is 6. The summed E-state index contributed by atoms with van der Waals surface area (Å²) in [7, 11) is 0. The summed E-state index contributed by atoms with van der Waals surface area (Å²) >= 11 is 2.68. The van der Waals surface area contributed by atoms with E-state index in [1.54, 1.807) is 0 Å². The van der Waals surface area contributed by atoms with Crippen molar-refractivity contribution in [2.75, 3.05) is 5.32 Å². The van der Waals surface area contributed by atoms with Crippen molar-refractivity contribution in [2.45, 2.75) is 37.5 Å². The monoisotopic (exact) mass is 502 g/mol. The van der Waals surface area contributed by atoms with E-state index in [-0.39, 0.29) is 5.91 Å². The molecule has 35 heavy (non-hydrogen) atoms. The maximum absolute atomic E-state index is 13.2. The number of primary amides is 1. The number of aryl methyl sites for hydroxylation is 2. The van der Waals surface area contributed by atoms with E-state index in [1.807, 2.05) is 86.8 Å². The number of nitrogens with zero attached hydrogens (tertiary/aromatic N) is 2. The quantitative estimate of drug-likeness (QED) is 0.224. The van der Waals surface area contributed by atoms with Crippen LogP contribution in [0.4, 0.5) is 5.00 Å². The summed E-state index contributed by atoms with van der Waals surface area (Å²) in [5, 5.41) is 5.57. The highest BCUT2D eigenvalue weighted by atomic mass is 32.2. The van der Waals surface area contributed by atoms with E-state index in [0.717, 1.165) is 33.0 Å². The molecule has 4 aromatic rings. The number of carbonyl (C=O) groups is 2. The minimum Gasteiger partial charge on any atom is -0.365 e. The van der Waals surface area contributed by atoms with Crippen molar-refractivity contribution in [3.63, 3.8) is 0 Å². The summed E-state index contributed by atoms with van der Waals surface area (Å²) in [6, 6.07) is 19.6. The van der Waals surface area contributed by atoms with Crippen LogP contribution < -0.4 is 11.1 Å². The topological polar surface area (TPSA) is 98.0 Å². The third-order valence-corrected chi connectivity index (χ3v) is 7.62. The Kier molecular flexibility index (Phi) is 7.63. The Balaban J connectivity index is 1.56. The van der Waals surface area contributed by atoms with E-state index in [0.29, 0.717) is 22.8 Å². The van der Waals surface area contributed by atoms with Crippen molar-refractivity contribution >= 4 is 39.9 Å². The van der Waals surface area contributed by atoms with Crippen molar-refractivity contribution in [2.24, 2.45) is 5.73 Å². The Morgan fingerprint density at radius 2 is 1.74 bits per heavy atom. The molecule has 2 aromatic carbocycles. The lowest BCUT2D eigenvalue weighted by Gasteiger charge is -2.15. The fourth-order valence-corrected chi connectivity index (χ4v) is 5.62. The highest BCUT2D eigenvalue weighted by molar-refractivity contribution is 8.00. The minimum atomic E-state index is -0.572. The molecule has 8 heteroatoms. The Hall–Kier alpha value is -3.49. The average Bonchev–Trinajstić information content (AvgIpc) is 3.27. The summed E-state index contributed by atoms with van der Waals surface area (Å²) in [5.41, 5.74) is 10.6. The first kappa shape index (κ1) is 24.6. The van der Waals surface area contributed by atoms with Gasteiger partial charge in [-0.1, -0.05) is 78.8 Å². The Labute approximate surface area is 213 Å². The van der Waals surface area contributed by atoms with Gasteiger partial charge in [0.25, 0.3) is 5.91 Å². The molecule has 0 radical (unpaired) electrons. The molecule has 4 rings (SSSR count). The van der Waals surface area contributed by atoms with E-state index < -0.39 is 11.2 Å². The van der Waals surface area contributed by atoms with Crippen molar-refractivity contribution < 1.29 is 9.59 Å². The molecule has 0 aliphatic carbocycles. The zero-order chi connectivity index (χ0) is 24.9. The van der Waals surface area contributed by atoms with Crippen LogP contribution in [0.25, 0.3) is 22.4 Å². The highest BCUT2D eigenvalue weighted by Crippen LogP contribution is 2.36. The second kappa shape index (κ2) is 10.8. The molecule has 1 atom stereocenters. The lowest BCUT2D eigenvalue weighted by atomic mass is 10.0. The van der Waals surface area contributed by atoms with Crippen LogP contribution in [-0.4, -0.2) is 27.0 Å². The van der Waals surface area contributed by atoms with Crippen LogP contribution in [0, 0.1) is 13.8 Å². The zero-order valence-corrected chi connectivity index (χ0v) is 21.4. The van der Waals surface area contributed by atoms with Gasteiger partial charge in [-0.05, 0) is 31.9 Å². The van der Waals surface area contributed by atoms with E-state index >= 15 is 0 Å². The Morgan fingerprint density at radius 3 is 2.40 bits per heavy atom. The fourth-order valence-electron chi connectivity index (χ4n) is 3.66. The predicted molar refractivity (Wildman–Crippen MR) is 144 cm³/mol. The van der Waals surface area contributed by atoms with Crippen LogP contribution in [0.3, 0.4) is 0 Å². The van der Waals surface area contributed by atoms with Crippen LogP contribution in [0.5, 0.6) is 0 Å². The standard InChI is InChI=1S/C27H26N4O2S2/c1-4-22(35-23-14-21(29-17(3)30-23)19-8-6-5-7-9-19)26(33)31-27-24(25(28)32)20(15-34-27)18-12-10-16(2)11-13-18/h5-15,22H,4H2,1-3H3,(H2,28,32)(H,31,33). The van der Waals surface area contributed by atoms with Gasteiger partial charge in [-0.3, -0.25) is 9.59 Å². The van der Waals surface area contributed by atoms with Crippen molar-refractivity contribution in [3.05, 3.63) is 83.0 Å². The summed E-state index contributed by atoms with van der Waals surface area (Å²) < 4.78 is 0. The maximum Gasteiger partial charge on any atom is 0.252 e. The highest BCUT2D eigenvalue weighted by Gasteiger charge is 2.24. The SMILES string of the molecule is CCC(Sc1cc(-c2ccccc2)nc(C)n1)C(=O)Nc1scc(-c2ccc(C)cc2)c1C(N)=O. The molecule has 3 N–H and O–H groups in total. The van der Waals surface area contributed by atoms with Gasteiger partial charge in [-0.25, -0.2) is 9.97 Å². The number of thiophene rings is 1. The molecule has 178 valence electrons. The van der Waals surface area contributed by atoms with Crippen molar-refractivity contribution in [3.8, 4) is 22.4 Å². The lowest BCUT2D eigenvalue weighted by molar-refractivity contribution is -0.115. The summed E-state index contributed by atoms with van der Waals surface area (Å²) in [5.74, 6) is -0.132. The van der Waals surface area contributed by atoms with Gasteiger partial charge in [0, 0.05) is 16.5 Å². The molecular weight excluding hydrogens is 476 g/mol. The molecule has 0 fully saturated rings. The van der Waals surface area contributed by atoms with Crippen molar-refractivity contribution in [1.29, 1.82) is 0 Å². The molecule has 0 spiro atoms. The minimum absolute atomic E-state index is 0.199. The number of carbonyl (C=O) groups excluding carboxylic acids is 2. The third kappa shape index (κ3) is 5.78. The number of benzene rings is 2. The number of aromatic nitrogens is 2. The number of hydrogen-bond donors (Lipinski definition) is 2. The molecule has 0 saturated carbocycles. The van der Waals surface area contributed by atoms with Gasteiger partial charge in [-0.15, -0.1) is 11.3 Å². The fraction of sp³-hybridized carbons (Fsp3) is 0.185. The molecule has 1 unspecified atom stereocenters. The number of rotatable bonds is 8. The Morgan fingerprint density at radius 1 is 1.03 bits per heavy atom. The molecule has 2 heterocycles. The zero-order valence-electron chi connectivity index (χ0n) is 19.7. The van der Waals surface area contributed by atoms with E-state index in [9.17, 15) is 9.59 Å². The molecule has 0 saturated heterocycles. The second-order valence-corrected chi connectivity index (χ2v) is 10.2. The normalized spacial score (nSPS) is 11.7. The van der Waals surface area contributed by atoms with Crippen LogP contribution in [-0.2, 0) is 4.79 Å². The molecule has 2 aromatic heterocycles. The Bertz CT molecular complexity index is 1350. The molecule has 6 nitrogen and oxygen atoms in total.